The van der Waals surface area contributed by atoms with Gasteiger partial charge in [0, 0.05) is 11.3 Å². The fraction of sp³-hybridized carbons (Fsp3) is 0.318. The summed E-state index contributed by atoms with van der Waals surface area (Å²) in [4.78, 5) is 35.9. The summed E-state index contributed by atoms with van der Waals surface area (Å²) in [5.41, 5.74) is 3.16. The quantitative estimate of drug-likeness (QED) is 0.685. The minimum Gasteiger partial charge on any atom is -0.454 e. The molecule has 1 unspecified atom stereocenters. The van der Waals surface area contributed by atoms with Gasteiger partial charge in [0.15, 0.2) is 6.61 Å². The Morgan fingerprint density at radius 2 is 1.82 bits per heavy atom. The molecule has 2 amide bonds. The first-order valence-electron chi connectivity index (χ1n) is 9.30. The number of nitrogens with one attached hydrogen (secondary N) is 2. The molecule has 2 rings (SSSR count). The first-order chi connectivity index (χ1) is 13.4. The molecule has 2 aromatic rings. The van der Waals surface area contributed by atoms with Crippen LogP contribution in [0.2, 0.25) is 0 Å². The van der Waals surface area contributed by atoms with Crippen LogP contribution in [0.3, 0.4) is 0 Å². The number of amides is 2. The van der Waals surface area contributed by atoms with Gasteiger partial charge in [0.1, 0.15) is 6.54 Å². The first kappa shape index (κ1) is 21.2. The Kier molecular flexibility index (Phi) is 7.75. The molecule has 0 heterocycles. The van der Waals surface area contributed by atoms with Gasteiger partial charge in [0.2, 0.25) is 0 Å². The second-order valence-corrected chi connectivity index (χ2v) is 6.66. The standard InChI is InChI=1S/C22H26N2O4/c1-4-16(3)18-10-5-6-11-19(18)24-20(25)14-28-21(26)13-23-22(27)17-9-7-8-15(2)12-17/h5-12,16H,4,13-14H2,1-3H3,(H,23,27)(H,24,25). The molecule has 0 spiro atoms. The van der Waals surface area contributed by atoms with Crippen LogP contribution in [0.25, 0.3) is 0 Å². The molecular formula is C22H26N2O4. The normalized spacial score (nSPS) is 11.4. The number of carbonyl (C=O) groups is 3. The summed E-state index contributed by atoms with van der Waals surface area (Å²) in [7, 11) is 0. The van der Waals surface area contributed by atoms with Crippen LogP contribution in [0, 0.1) is 6.92 Å². The van der Waals surface area contributed by atoms with E-state index in [1.54, 1.807) is 18.2 Å². The van der Waals surface area contributed by atoms with E-state index in [9.17, 15) is 14.4 Å². The predicted octanol–water partition coefficient (Wildman–Crippen LogP) is 3.42. The summed E-state index contributed by atoms with van der Waals surface area (Å²) >= 11 is 0. The number of hydrogen-bond acceptors (Lipinski definition) is 4. The Morgan fingerprint density at radius 3 is 2.54 bits per heavy atom. The molecular weight excluding hydrogens is 356 g/mol. The van der Waals surface area contributed by atoms with Crippen molar-refractivity contribution >= 4 is 23.5 Å². The van der Waals surface area contributed by atoms with Gasteiger partial charge in [0.05, 0.1) is 0 Å². The summed E-state index contributed by atoms with van der Waals surface area (Å²) in [5, 5.41) is 5.26. The Balaban J connectivity index is 1.80. The molecule has 0 saturated carbocycles. The van der Waals surface area contributed by atoms with Crippen molar-refractivity contribution in [2.45, 2.75) is 33.1 Å². The average molecular weight is 382 g/mol. The summed E-state index contributed by atoms with van der Waals surface area (Å²) in [6.45, 7) is 5.33. The molecule has 2 N–H and O–H groups in total. The summed E-state index contributed by atoms with van der Waals surface area (Å²) in [6, 6.07) is 14.6. The molecule has 1 atom stereocenters. The van der Waals surface area contributed by atoms with Crippen LogP contribution in [-0.2, 0) is 14.3 Å². The van der Waals surface area contributed by atoms with E-state index in [0.29, 0.717) is 17.2 Å². The molecule has 0 aliphatic heterocycles. The number of para-hydroxylation sites is 1. The Hall–Kier alpha value is -3.15. The smallest absolute Gasteiger partial charge is 0.325 e. The minimum atomic E-state index is -0.675. The van der Waals surface area contributed by atoms with Gasteiger partial charge in [-0.05, 0) is 43.0 Å². The maximum atomic E-state index is 12.1. The molecule has 0 aliphatic carbocycles. The van der Waals surface area contributed by atoms with E-state index in [-0.39, 0.29) is 12.5 Å². The Bertz CT molecular complexity index is 848. The highest BCUT2D eigenvalue weighted by atomic mass is 16.5. The molecule has 0 saturated heterocycles. The van der Waals surface area contributed by atoms with E-state index in [1.165, 1.54) is 0 Å². The summed E-state index contributed by atoms with van der Waals surface area (Å²) in [5.74, 6) is -1.16. The van der Waals surface area contributed by atoms with Gasteiger partial charge in [-0.3, -0.25) is 14.4 Å². The minimum absolute atomic E-state index is 0.302. The molecule has 6 nitrogen and oxygen atoms in total. The number of anilines is 1. The molecule has 148 valence electrons. The van der Waals surface area contributed by atoms with Crippen molar-refractivity contribution in [3.63, 3.8) is 0 Å². The third kappa shape index (κ3) is 6.23. The largest absolute Gasteiger partial charge is 0.454 e. The van der Waals surface area contributed by atoms with Gasteiger partial charge in [0.25, 0.3) is 11.8 Å². The zero-order chi connectivity index (χ0) is 20.5. The maximum absolute atomic E-state index is 12.1. The molecule has 6 heteroatoms. The third-order valence-corrected chi connectivity index (χ3v) is 4.42. The summed E-state index contributed by atoms with van der Waals surface area (Å²) in [6.07, 6.45) is 0.947. The zero-order valence-electron chi connectivity index (χ0n) is 16.5. The number of hydrogen-bond donors (Lipinski definition) is 2. The maximum Gasteiger partial charge on any atom is 0.325 e. The number of rotatable bonds is 8. The second-order valence-electron chi connectivity index (χ2n) is 6.66. The summed E-state index contributed by atoms with van der Waals surface area (Å²) < 4.78 is 4.95. The van der Waals surface area contributed by atoms with Crippen molar-refractivity contribution in [3.8, 4) is 0 Å². The lowest BCUT2D eigenvalue weighted by molar-refractivity contribution is -0.146. The van der Waals surface area contributed by atoms with Gasteiger partial charge in [-0.1, -0.05) is 49.7 Å². The molecule has 0 fully saturated rings. The fourth-order valence-corrected chi connectivity index (χ4v) is 2.68. The lowest BCUT2D eigenvalue weighted by Gasteiger charge is -2.15. The van der Waals surface area contributed by atoms with E-state index in [4.69, 9.17) is 4.74 Å². The van der Waals surface area contributed by atoms with Gasteiger partial charge in [-0.15, -0.1) is 0 Å². The highest BCUT2D eigenvalue weighted by Crippen LogP contribution is 2.26. The van der Waals surface area contributed by atoms with Crippen LogP contribution < -0.4 is 10.6 Å². The Labute approximate surface area is 165 Å². The highest BCUT2D eigenvalue weighted by molar-refractivity contribution is 5.97. The molecule has 28 heavy (non-hydrogen) atoms. The van der Waals surface area contributed by atoms with Crippen molar-refractivity contribution < 1.29 is 19.1 Å². The van der Waals surface area contributed by atoms with Crippen molar-refractivity contribution in [1.29, 1.82) is 0 Å². The molecule has 0 bridgehead atoms. The highest BCUT2D eigenvalue weighted by Gasteiger charge is 2.13. The van der Waals surface area contributed by atoms with Crippen LogP contribution in [0.15, 0.2) is 48.5 Å². The number of ether oxygens (including phenoxy) is 1. The lowest BCUT2D eigenvalue weighted by atomic mass is 9.97. The number of carbonyl (C=O) groups excluding carboxylic acids is 3. The van der Waals surface area contributed by atoms with Crippen LogP contribution in [0.4, 0.5) is 5.69 Å². The van der Waals surface area contributed by atoms with Crippen LogP contribution in [-0.4, -0.2) is 30.9 Å². The Morgan fingerprint density at radius 1 is 1.07 bits per heavy atom. The first-order valence-corrected chi connectivity index (χ1v) is 9.30. The van der Waals surface area contributed by atoms with Gasteiger partial charge in [-0.25, -0.2) is 0 Å². The molecule has 0 aromatic heterocycles. The fourth-order valence-electron chi connectivity index (χ4n) is 2.68. The van der Waals surface area contributed by atoms with Crippen molar-refractivity contribution in [2.75, 3.05) is 18.5 Å². The third-order valence-electron chi connectivity index (χ3n) is 4.42. The van der Waals surface area contributed by atoms with Gasteiger partial charge < -0.3 is 15.4 Å². The number of benzene rings is 2. The molecule has 2 aromatic carbocycles. The topological polar surface area (TPSA) is 84.5 Å². The molecule has 0 radical (unpaired) electrons. The SMILES string of the molecule is CCC(C)c1ccccc1NC(=O)COC(=O)CNC(=O)c1cccc(C)c1. The van der Waals surface area contributed by atoms with E-state index in [0.717, 1.165) is 17.5 Å². The van der Waals surface area contributed by atoms with E-state index in [1.807, 2.05) is 37.3 Å². The monoisotopic (exact) mass is 382 g/mol. The van der Waals surface area contributed by atoms with E-state index in [2.05, 4.69) is 24.5 Å². The lowest BCUT2D eigenvalue weighted by Crippen LogP contribution is -2.32. The van der Waals surface area contributed by atoms with Crippen LogP contribution >= 0.6 is 0 Å². The van der Waals surface area contributed by atoms with E-state index >= 15 is 0 Å². The zero-order valence-corrected chi connectivity index (χ0v) is 16.5. The van der Waals surface area contributed by atoms with Crippen molar-refractivity contribution in [3.05, 3.63) is 65.2 Å². The second kappa shape index (κ2) is 10.3. The van der Waals surface area contributed by atoms with Gasteiger partial charge >= 0.3 is 5.97 Å². The molecule has 0 aliphatic rings. The number of esters is 1. The number of aryl methyl sites for hydroxylation is 1. The van der Waals surface area contributed by atoms with E-state index < -0.39 is 18.5 Å². The average Bonchev–Trinajstić information content (AvgIpc) is 2.70. The van der Waals surface area contributed by atoms with Crippen LogP contribution in [0.1, 0.15) is 47.7 Å². The van der Waals surface area contributed by atoms with Crippen molar-refractivity contribution in [1.82, 2.24) is 5.32 Å². The van der Waals surface area contributed by atoms with Crippen LogP contribution in [0.5, 0.6) is 0 Å². The predicted molar refractivity (Wildman–Crippen MR) is 108 cm³/mol. The van der Waals surface area contributed by atoms with Crippen molar-refractivity contribution in [2.24, 2.45) is 0 Å². The van der Waals surface area contributed by atoms with Gasteiger partial charge in [-0.2, -0.15) is 0 Å².